The summed E-state index contributed by atoms with van der Waals surface area (Å²) in [7, 11) is 0. The number of nitro benzene ring substituents is 1. The van der Waals surface area contributed by atoms with E-state index in [9.17, 15) is 24.5 Å². The second-order valence-corrected chi connectivity index (χ2v) is 7.62. The molecule has 0 bridgehead atoms. The molecule has 1 fully saturated rings. The van der Waals surface area contributed by atoms with Crippen molar-refractivity contribution in [3.8, 4) is 5.75 Å². The quantitative estimate of drug-likeness (QED) is 0.210. The standard InChI is InChI=1S/C23H20N2O7/c26-21(24-15-6-2-1-3-7-15)18-12-14-10-11-16(13-20(14)32-23(18)28)31-22(27)17-8-4-5-9-19(17)25(29)30/h4-5,8-13,15H,1-3,6-7H2,(H,24,26). The van der Waals surface area contributed by atoms with Gasteiger partial charge in [0.1, 0.15) is 22.5 Å². The summed E-state index contributed by atoms with van der Waals surface area (Å²) in [6, 6.07) is 11.2. The summed E-state index contributed by atoms with van der Waals surface area (Å²) >= 11 is 0. The van der Waals surface area contributed by atoms with Gasteiger partial charge in [-0.3, -0.25) is 14.9 Å². The van der Waals surface area contributed by atoms with Gasteiger partial charge in [0.05, 0.1) is 4.92 Å². The molecule has 1 aliphatic carbocycles. The summed E-state index contributed by atoms with van der Waals surface area (Å²) in [6.07, 6.45) is 5.02. The molecule has 9 nitrogen and oxygen atoms in total. The topological polar surface area (TPSA) is 129 Å². The lowest BCUT2D eigenvalue weighted by molar-refractivity contribution is -0.385. The molecule has 1 saturated carbocycles. The molecule has 0 radical (unpaired) electrons. The Hall–Kier alpha value is -4.01. The molecule has 1 heterocycles. The van der Waals surface area contributed by atoms with Crippen LogP contribution in [0.2, 0.25) is 0 Å². The van der Waals surface area contributed by atoms with Gasteiger partial charge in [0.15, 0.2) is 0 Å². The molecule has 32 heavy (non-hydrogen) atoms. The van der Waals surface area contributed by atoms with E-state index in [-0.39, 0.29) is 34.2 Å². The van der Waals surface area contributed by atoms with Crippen molar-refractivity contribution in [2.24, 2.45) is 0 Å². The van der Waals surface area contributed by atoms with E-state index >= 15 is 0 Å². The maximum atomic E-state index is 12.5. The number of benzene rings is 2. The fourth-order valence-electron chi connectivity index (χ4n) is 3.79. The third kappa shape index (κ3) is 4.51. The number of nitro groups is 1. The Balaban J connectivity index is 1.55. The number of carbonyl (C=O) groups excluding carboxylic acids is 2. The molecule has 9 heteroatoms. The van der Waals surface area contributed by atoms with Gasteiger partial charge in [-0.05, 0) is 37.1 Å². The van der Waals surface area contributed by atoms with Crippen LogP contribution >= 0.6 is 0 Å². The lowest BCUT2D eigenvalue weighted by atomic mass is 9.95. The van der Waals surface area contributed by atoms with Gasteiger partial charge in [0, 0.05) is 23.6 Å². The highest BCUT2D eigenvalue weighted by atomic mass is 16.6. The molecule has 3 aromatic rings. The van der Waals surface area contributed by atoms with Crippen LogP contribution in [0, 0.1) is 10.1 Å². The smallest absolute Gasteiger partial charge is 0.350 e. The van der Waals surface area contributed by atoms with Crippen molar-refractivity contribution in [3.63, 3.8) is 0 Å². The minimum Gasteiger partial charge on any atom is -0.423 e. The van der Waals surface area contributed by atoms with E-state index in [1.807, 2.05) is 0 Å². The molecule has 0 unspecified atom stereocenters. The van der Waals surface area contributed by atoms with Crippen LogP contribution in [0.15, 0.2) is 57.7 Å². The maximum Gasteiger partial charge on any atom is 0.350 e. The first kappa shape index (κ1) is 21.2. The summed E-state index contributed by atoms with van der Waals surface area (Å²) in [6.45, 7) is 0. The van der Waals surface area contributed by atoms with E-state index in [1.165, 1.54) is 48.5 Å². The number of rotatable bonds is 5. The van der Waals surface area contributed by atoms with Crippen molar-refractivity contribution < 1.29 is 23.7 Å². The zero-order chi connectivity index (χ0) is 22.7. The van der Waals surface area contributed by atoms with Crippen molar-refractivity contribution >= 4 is 28.5 Å². The van der Waals surface area contributed by atoms with Gasteiger partial charge in [-0.1, -0.05) is 31.4 Å². The molecule has 1 aliphatic rings. The molecule has 164 valence electrons. The Morgan fingerprint density at radius 1 is 1.03 bits per heavy atom. The number of nitrogens with zero attached hydrogens (tertiary/aromatic N) is 1. The highest BCUT2D eigenvalue weighted by Gasteiger charge is 2.22. The lowest BCUT2D eigenvalue weighted by Crippen LogP contribution is -2.38. The summed E-state index contributed by atoms with van der Waals surface area (Å²) in [5.74, 6) is -1.34. The van der Waals surface area contributed by atoms with Crippen molar-refractivity contribution in [3.05, 3.63) is 80.2 Å². The zero-order valence-electron chi connectivity index (χ0n) is 17.0. The van der Waals surface area contributed by atoms with Gasteiger partial charge in [0.25, 0.3) is 11.6 Å². The van der Waals surface area contributed by atoms with Crippen LogP contribution in [-0.2, 0) is 0 Å². The lowest BCUT2D eigenvalue weighted by Gasteiger charge is -2.22. The average Bonchev–Trinajstić information content (AvgIpc) is 2.79. The Kier molecular flexibility index (Phi) is 5.98. The Bertz CT molecular complexity index is 1260. The van der Waals surface area contributed by atoms with Gasteiger partial charge in [0.2, 0.25) is 0 Å². The van der Waals surface area contributed by atoms with Crippen LogP contribution in [0.5, 0.6) is 5.75 Å². The van der Waals surface area contributed by atoms with Crippen LogP contribution in [0.25, 0.3) is 11.0 Å². The van der Waals surface area contributed by atoms with Gasteiger partial charge >= 0.3 is 11.6 Å². The van der Waals surface area contributed by atoms with E-state index in [1.54, 1.807) is 0 Å². The fraction of sp³-hybridized carbons (Fsp3) is 0.261. The van der Waals surface area contributed by atoms with E-state index in [2.05, 4.69) is 5.32 Å². The second-order valence-electron chi connectivity index (χ2n) is 7.62. The van der Waals surface area contributed by atoms with Gasteiger partial charge in [-0.2, -0.15) is 0 Å². The van der Waals surface area contributed by atoms with Crippen molar-refractivity contribution in [1.82, 2.24) is 5.32 Å². The average molecular weight is 436 g/mol. The number of carbonyl (C=O) groups is 2. The van der Waals surface area contributed by atoms with Crippen LogP contribution in [0.3, 0.4) is 0 Å². The third-order valence-corrected chi connectivity index (χ3v) is 5.42. The molecule has 0 atom stereocenters. The molecular weight excluding hydrogens is 416 g/mol. The summed E-state index contributed by atoms with van der Waals surface area (Å²) < 4.78 is 10.5. The summed E-state index contributed by atoms with van der Waals surface area (Å²) in [5, 5.41) is 14.5. The highest BCUT2D eigenvalue weighted by molar-refractivity contribution is 5.97. The van der Waals surface area contributed by atoms with E-state index in [0.717, 1.165) is 32.1 Å². The number of ether oxygens (including phenoxy) is 1. The molecule has 2 aromatic carbocycles. The molecular formula is C23H20N2O7. The maximum absolute atomic E-state index is 12.5. The molecule has 1 amide bonds. The monoisotopic (exact) mass is 436 g/mol. The number of para-hydroxylation sites is 1. The van der Waals surface area contributed by atoms with Crippen LogP contribution < -0.4 is 15.7 Å². The number of esters is 1. The fourth-order valence-corrected chi connectivity index (χ4v) is 3.79. The number of fused-ring (bicyclic) bond motifs is 1. The number of hydrogen-bond donors (Lipinski definition) is 1. The summed E-state index contributed by atoms with van der Waals surface area (Å²) in [4.78, 5) is 47.8. The van der Waals surface area contributed by atoms with E-state index < -0.39 is 22.4 Å². The summed E-state index contributed by atoms with van der Waals surface area (Å²) in [5.41, 5.74) is -1.34. The van der Waals surface area contributed by atoms with E-state index in [4.69, 9.17) is 9.15 Å². The predicted molar refractivity (Wildman–Crippen MR) is 115 cm³/mol. The molecule has 0 spiro atoms. The highest BCUT2D eigenvalue weighted by Crippen LogP contribution is 2.24. The number of nitrogens with one attached hydrogen (secondary N) is 1. The predicted octanol–water partition coefficient (Wildman–Crippen LogP) is 3.98. The van der Waals surface area contributed by atoms with Gasteiger partial charge in [-0.15, -0.1) is 0 Å². The van der Waals surface area contributed by atoms with Crippen molar-refractivity contribution in [1.29, 1.82) is 0 Å². The van der Waals surface area contributed by atoms with Crippen LogP contribution in [-0.4, -0.2) is 22.8 Å². The SMILES string of the molecule is O=C(Oc1ccc2cc(C(=O)NC3CCCCC3)c(=O)oc2c1)c1ccccc1[N+](=O)[O-]. The minimum atomic E-state index is -0.914. The molecule has 4 rings (SSSR count). The zero-order valence-corrected chi connectivity index (χ0v) is 17.0. The van der Waals surface area contributed by atoms with Gasteiger partial charge in [-0.25, -0.2) is 9.59 Å². The molecule has 1 N–H and O–H groups in total. The number of amides is 1. The largest absolute Gasteiger partial charge is 0.423 e. The van der Waals surface area contributed by atoms with Crippen LogP contribution in [0.1, 0.15) is 52.8 Å². The molecule has 0 saturated heterocycles. The Labute approximate surface area is 182 Å². The van der Waals surface area contributed by atoms with Crippen molar-refractivity contribution in [2.75, 3.05) is 0 Å². The Morgan fingerprint density at radius 3 is 2.53 bits per heavy atom. The normalized spacial score (nSPS) is 14.1. The minimum absolute atomic E-state index is 0.0446. The van der Waals surface area contributed by atoms with Crippen LogP contribution in [0.4, 0.5) is 5.69 Å². The van der Waals surface area contributed by atoms with Gasteiger partial charge < -0.3 is 14.5 Å². The first-order valence-electron chi connectivity index (χ1n) is 10.3. The second kappa shape index (κ2) is 9.01. The molecule has 1 aromatic heterocycles. The first-order valence-corrected chi connectivity index (χ1v) is 10.3. The van der Waals surface area contributed by atoms with Crippen molar-refractivity contribution in [2.45, 2.75) is 38.1 Å². The number of hydrogen-bond acceptors (Lipinski definition) is 7. The molecule has 0 aliphatic heterocycles. The van der Waals surface area contributed by atoms with E-state index in [0.29, 0.717) is 5.39 Å². The Morgan fingerprint density at radius 2 is 1.78 bits per heavy atom. The third-order valence-electron chi connectivity index (χ3n) is 5.42. The first-order chi connectivity index (χ1) is 15.4.